The summed E-state index contributed by atoms with van der Waals surface area (Å²) in [5.74, 6) is 0. The third kappa shape index (κ3) is 3.40. The second kappa shape index (κ2) is 6.94. The molecule has 0 fully saturated rings. The van der Waals surface area contributed by atoms with Crippen molar-refractivity contribution in [1.29, 1.82) is 0 Å². The average Bonchev–Trinajstić information content (AvgIpc) is 3.45. The first-order valence-corrected chi connectivity index (χ1v) is 9.42. The van der Waals surface area contributed by atoms with E-state index in [1.807, 2.05) is 0 Å². The molecule has 8 bridgehead atoms. The molecule has 28 heavy (non-hydrogen) atoms. The Morgan fingerprint density at radius 3 is 1.82 bits per heavy atom. The molecule has 1 aliphatic rings. The number of hydrogen-bond donors (Lipinski definition) is 4. The summed E-state index contributed by atoms with van der Waals surface area (Å²) in [4.78, 5) is 13.9. The summed E-state index contributed by atoms with van der Waals surface area (Å²) >= 11 is 0. The summed E-state index contributed by atoms with van der Waals surface area (Å²) in [5, 5.41) is 4.30. The van der Waals surface area contributed by atoms with E-state index in [9.17, 15) is 0 Å². The van der Waals surface area contributed by atoms with Gasteiger partial charge in [0, 0.05) is 51.3 Å². The fourth-order valence-electron chi connectivity index (χ4n) is 3.61. The van der Waals surface area contributed by atoms with Crippen molar-refractivity contribution in [3.05, 3.63) is 92.2 Å². The molecule has 5 nitrogen and oxygen atoms in total. The van der Waals surface area contributed by atoms with Gasteiger partial charge in [-0.25, -0.2) is 0 Å². The fraction of sp³-hybridized carbons (Fsp3) is 0.130. The van der Waals surface area contributed by atoms with E-state index in [0.29, 0.717) is 6.61 Å². The zero-order valence-corrected chi connectivity index (χ0v) is 15.7. The summed E-state index contributed by atoms with van der Waals surface area (Å²) in [5.41, 5.74) is 5.48. The lowest BCUT2D eigenvalue weighted by Gasteiger charge is -1.96. The van der Waals surface area contributed by atoms with Crippen molar-refractivity contribution in [2.75, 3.05) is 13.7 Å². The lowest BCUT2D eigenvalue weighted by atomic mass is 10.2. The molecule has 0 amide bonds. The number of aromatic amines is 4. The van der Waals surface area contributed by atoms with Crippen LogP contribution in [-0.4, -0.2) is 33.7 Å². The SMILES string of the molecule is COCCc1cc2[nH]c1=Cc1ccc([nH]1)C=c1ccc([nH]1)=Cc1ccc([nH]1)C=2. The molecule has 0 atom stereocenters. The molecule has 140 valence electrons. The quantitative estimate of drug-likeness (QED) is 0.373. The zero-order chi connectivity index (χ0) is 18.9. The van der Waals surface area contributed by atoms with Crippen LogP contribution in [0.5, 0.6) is 0 Å². The fourth-order valence-corrected chi connectivity index (χ4v) is 3.61. The minimum Gasteiger partial charge on any atom is -0.384 e. The Kier molecular flexibility index (Phi) is 4.14. The normalized spacial score (nSPS) is 12.6. The minimum absolute atomic E-state index is 0.693. The number of fused-ring (bicyclic) bond motifs is 8. The molecular formula is C23H22N4O. The third-order valence-electron chi connectivity index (χ3n) is 4.96. The summed E-state index contributed by atoms with van der Waals surface area (Å²) < 4.78 is 5.29. The molecule has 0 saturated carbocycles. The van der Waals surface area contributed by atoms with E-state index in [4.69, 9.17) is 4.74 Å². The lowest BCUT2D eigenvalue weighted by molar-refractivity contribution is 0.202. The summed E-state index contributed by atoms with van der Waals surface area (Å²) in [7, 11) is 1.74. The Labute approximate surface area is 161 Å². The van der Waals surface area contributed by atoms with Gasteiger partial charge in [-0.15, -0.1) is 0 Å². The molecule has 5 rings (SSSR count). The van der Waals surface area contributed by atoms with Crippen LogP contribution in [0.2, 0.25) is 0 Å². The Balaban J connectivity index is 1.74. The van der Waals surface area contributed by atoms with Crippen molar-refractivity contribution in [2.45, 2.75) is 6.42 Å². The first kappa shape index (κ1) is 16.7. The highest BCUT2D eigenvalue weighted by atomic mass is 16.5. The third-order valence-corrected chi connectivity index (χ3v) is 4.96. The molecule has 4 aromatic rings. The number of H-pyrrole nitrogens is 4. The van der Waals surface area contributed by atoms with Crippen LogP contribution < -0.4 is 21.4 Å². The van der Waals surface area contributed by atoms with Crippen LogP contribution in [0, 0.1) is 0 Å². The molecule has 5 heterocycles. The Hall–Kier alpha value is -3.44. The molecule has 4 aromatic heterocycles. The number of aromatic nitrogens is 4. The van der Waals surface area contributed by atoms with Crippen LogP contribution in [0.4, 0.5) is 0 Å². The molecule has 0 aromatic carbocycles. The van der Waals surface area contributed by atoms with Gasteiger partial charge in [-0.05, 0) is 78.8 Å². The number of ether oxygens (including phenoxy) is 1. The van der Waals surface area contributed by atoms with Crippen molar-refractivity contribution in [1.82, 2.24) is 19.9 Å². The highest BCUT2D eigenvalue weighted by Crippen LogP contribution is 2.05. The van der Waals surface area contributed by atoms with Gasteiger partial charge in [-0.2, -0.15) is 0 Å². The van der Waals surface area contributed by atoms with Crippen LogP contribution in [0.1, 0.15) is 28.3 Å². The van der Waals surface area contributed by atoms with Crippen molar-refractivity contribution >= 4 is 24.3 Å². The molecule has 0 radical (unpaired) electrons. The molecule has 1 aliphatic heterocycles. The molecule has 0 saturated heterocycles. The van der Waals surface area contributed by atoms with Crippen molar-refractivity contribution in [3.8, 4) is 0 Å². The monoisotopic (exact) mass is 370 g/mol. The van der Waals surface area contributed by atoms with Crippen LogP contribution in [0.3, 0.4) is 0 Å². The first-order chi connectivity index (χ1) is 13.7. The van der Waals surface area contributed by atoms with E-state index >= 15 is 0 Å². The smallest absolute Gasteiger partial charge is 0.0503 e. The van der Waals surface area contributed by atoms with Gasteiger partial charge in [0.05, 0.1) is 6.61 Å². The summed E-state index contributed by atoms with van der Waals surface area (Å²) in [6.07, 6.45) is 9.37. The zero-order valence-electron chi connectivity index (χ0n) is 15.7. The molecule has 0 spiro atoms. The molecule has 0 unspecified atom stereocenters. The topological polar surface area (TPSA) is 72.4 Å². The predicted molar refractivity (Wildman–Crippen MR) is 112 cm³/mol. The average molecular weight is 370 g/mol. The van der Waals surface area contributed by atoms with Gasteiger partial charge in [-0.1, -0.05) is 0 Å². The van der Waals surface area contributed by atoms with Gasteiger partial charge in [0.15, 0.2) is 0 Å². The van der Waals surface area contributed by atoms with E-state index in [1.54, 1.807) is 7.11 Å². The molecule has 4 N–H and O–H groups in total. The summed E-state index contributed by atoms with van der Waals surface area (Å²) in [6.45, 7) is 0.693. The van der Waals surface area contributed by atoms with E-state index in [1.165, 1.54) is 5.56 Å². The maximum atomic E-state index is 5.29. The molecule has 5 heteroatoms. The number of rotatable bonds is 3. The van der Waals surface area contributed by atoms with Gasteiger partial charge in [0.25, 0.3) is 0 Å². The molecule has 0 aliphatic carbocycles. The highest BCUT2D eigenvalue weighted by Gasteiger charge is 2.02. The standard InChI is InChI=1S/C23H22N4O/c1-28-9-8-15-10-22-13-20-5-4-18(25-20)11-16-2-3-17(24-16)12-19-6-7-21(26-19)14-23(15)27-22/h2-7,10-14,24-27H,8-9H2,1H3. The van der Waals surface area contributed by atoms with Gasteiger partial charge in [-0.3, -0.25) is 0 Å². The second-order valence-corrected chi connectivity index (χ2v) is 7.09. The maximum absolute atomic E-state index is 5.29. The highest BCUT2D eigenvalue weighted by molar-refractivity contribution is 5.55. The van der Waals surface area contributed by atoms with Gasteiger partial charge >= 0.3 is 0 Å². The molecular weight excluding hydrogens is 348 g/mol. The minimum atomic E-state index is 0.693. The second-order valence-electron chi connectivity index (χ2n) is 7.09. The van der Waals surface area contributed by atoms with E-state index in [-0.39, 0.29) is 0 Å². The number of methoxy groups -OCH3 is 1. The van der Waals surface area contributed by atoms with Crippen LogP contribution in [0.25, 0.3) is 24.3 Å². The Bertz CT molecular complexity index is 1360. The van der Waals surface area contributed by atoms with E-state index in [0.717, 1.165) is 50.6 Å². The van der Waals surface area contributed by atoms with E-state index < -0.39 is 0 Å². The van der Waals surface area contributed by atoms with Crippen molar-refractivity contribution < 1.29 is 4.74 Å². The Morgan fingerprint density at radius 1 is 0.643 bits per heavy atom. The number of hydrogen-bond acceptors (Lipinski definition) is 1. The van der Waals surface area contributed by atoms with Gasteiger partial charge in [0.2, 0.25) is 0 Å². The number of nitrogens with one attached hydrogen (secondary N) is 4. The lowest BCUT2D eigenvalue weighted by Crippen LogP contribution is -2.13. The largest absolute Gasteiger partial charge is 0.384 e. The predicted octanol–water partition coefficient (Wildman–Crippen LogP) is 0.817. The van der Waals surface area contributed by atoms with Crippen LogP contribution in [0.15, 0.2) is 42.5 Å². The van der Waals surface area contributed by atoms with Gasteiger partial charge < -0.3 is 24.7 Å². The van der Waals surface area contributed by atoms with Crippen molar-refractivity contribution in [3.63, 3.8) is 0 Å². The maximum Gasteiger partial charge on any atom is 0.0503 e. The first-order valence-electron chi connectivity index (χ1n) is 9.42. The van der Waals surface area contributed by atoms with Gasteiger partial charge in [0.1, 0.15) is 0 Å². The summed E-state index contributed by atoms with van der Waals surface area (Å²) in [6, 6.07) is 14.7. The van der Waals surface area contributed by atoms with Crippen LogP contribution in [-0.2, 0) is 11.2 Å². The van der Waals surface area contributed by atoms with E-state index in [2.05, 4.69) is 86.7 Å². The van der Waals surface area contributed by atoms with Crippen molar-refractivity contribution in [2.24, 2.45) is 0 Å². The van der Waals surface area contributed by atoms with Crippen LogP contribution >= 0.6 is 0 Å². The Morgan fingerprint density at radius 2 is 1.21 bits per heavy atom.